The van der Waals surface area contributed by atoms with Crippen LogP contribution in [0.2, 0.25) is 0 Å². The van der Waals surface area contributed by atoms with Crippen LogP contribution in [0.3, 0.4) is 0 Å². The zero-order valence-corrected chi connectivity index (χ0v) is 21.4. The molecule has 4 aromatic rings. The average Bonchev–Trinajstić information content (AvgIpc) is 3.55. The molecule has 2 atom stereocenters. The van der Waals surface area contributed by atoms with E-state index < -0.39 is 6.04 Å². The van der Waals surface area contributed by atoms with E-state index in [9.17, 15) is 9.59 Å². The van der Waals surface area contributed by atoms with Crippen LogP contribution in [0.5, 0.6) is 11.5 Å². The van der Waals surface area contributed by atoms with Crippen LogP contribution in [0.4, 0.5) is 0 Å². The van der Waals surface area contributed by atoms with E-state index in [1.807, 2.05) is 67.6 Å². The highest BCUT2D eigenvalue weighted by Crippen LogP contribution is 2.41. The van der Waals surface area contributed by atoms with Crippen molar-refractivity contribution >= 4 is 16.9 Å². The van der Waals surface area contributed by atoms with Gasteiger partial charge < -0.3 is 23.5 Å². The molecule has 0 N–H and O–H groups in total. The number of hydrogen-bond donors (Lipinski definition) is 0. The number of nitrogens with zero attached hydrogens (tertiary/aromatic N) is 1. The third kappa shape index (κ3) is 4.33. The number of carbonyl (C=O) groups excluding carboxylic acids is 1. The largest absolute Gasteiger partial charge is 0.493 e. The van der Waals surface area contributed by atoms with Crippen LogP contribution in [-0.2, 0) is 11.3 Å². The Kier molecular flexibility index (Phi) is 6.37. The van der Waals surface area contributed by atoms with E-state index in [2.05, 4.69) is 0 Å². The molecule has 7 nitrogen and oxygen atoms in total. The fourth-order valence-electron chi connectivity index (χ4n) is 5.39. The molecule has 38 heavy (non-hydrogen) atoms. The standard InChI is InChI=1S/C31H29NO6/c1-19-10-12-24-23(15-19)29(33)27-28(32(31(34)30(27)38-24)17-22-9-6-14-36-22)21-11-13-25(26(16-21)35-2)37-18-20-7-4-3-5-8-20/h3-5,7-8,10-13,15-16,22,28H,6,9,14,17-18H2,1-2H3. The maximum absolute atomic E-state index is 13.8. The van der Waals surface area contributed by atoms with Crippen molar-refractivity contribution < 1.29 is 23.4 Å². The molecule has 1 fully saturated rings. The highest BCUT2D eigenvalue weighted by Gasteiger charge is 2.44. The third-order valence-electron chi connectivity index (χ3n) is 7.29. The summed E-state index contributed by atoms with van der Waals surface area (Å²) in [6.07, 6.45) is 1.73. The number of benzene rings is 3. The van der Waals surface area contributed by atoms with Crippen LogP contribution < -0.4 is 14.9 Å². The minimum atomic E-state index is -0.625. The Morgan fingerprint density at radius 2 is 1.84 bits per heavy atom. The van der Waals surface area contributed by atoms with Gasteiger partial charge in [0.2, 0.25) is 5.76 Å². The number of carbonyl (C=O) groups is 1. The van der Waals surface area contributed by atoms with E-state index in [4.69, 9.17) is 18.6 Å². The molecule has 1 aromatic heterocycles. The van der Waals surface area contributed by atoms with Gasteiger partial charge in [-0.3, -0.25) is 9.59 Å². The molecule has 2 aliphatic heterocycles. The summed E-state index contributed by atoms with van der Waals surface area (Å²) in [7, 11) is 1.58. The molecular weight excluding hydrogens is 482 g/mol. The second-order valence-corrected chi connectivity index (χ2v) is 9.85. The number of aryl methyl sites for hydroxylation is 1. The summed E-state index contributed by atoms with van der Waals surface area (Å²) in [4.78, 5) is 29.2. The lowest BCUT2D eigenvalue weighted by Crippen LogP contribution is -2.36. The first kappa shape index (κ1) is 24.2. The van der Waals surface area contributed by atoms with Crippen molar-refractivity contribution in [2.24, 2.45) is 0 Å². The molecule has 1 saturated heterocycles. The minimum Gasteiger partial charge on any atom is -0.493 e. The van der Waals surface area contributed by atoms with E-state index in [1.54, 1.807) is 18.1 Å². The first-order valence-electron chi connectivity index (χ1n) is 12.9. The smallest absolute Gasteiger partial charge is 0.291 e. The molecule has 3 aromatic carbocycles. The molecule has 0 radical (unpaired) electrons. The minimum absolute atomic E-state index is 0.0853. The summed E-state index contributed by atoms with van der Waals surface area (Å²) >= 11 is 0. The summed E-state index contributed by atoms with van der Waals surface area (Å²) in [6.45, 7) is 3.36. The first-order valence-corrected chi connectivity index (χ1v) is 12.9. The van der Waals surface area contributed by atoms with Crippen LogP contribution >= 0.6 is 0 Å². The Labute approximate surface area is 220 Å². The molecule has 0 spiro atoms. The van der Waals surface area contributed by atoms with Crippen molar-refractivity contribution in [2.45, 2.75) is 38.5 Å². The van der Waals surface area contributed by atoms with Gasteiger partial charge in [-0.25, -0.2) is 0 Å². The molecule has 0 aliphatic carbocycles. The maximum atomic E-state index is 13.8. The summed E-state index contributed by atoms with van der Waals surface area (Å²) in [6, 6.07) is 20.3. The van der Waals surface area contributed by atoms with Gasteiger partial charge >= 0.3 is 0 Å². The molecule has 2 unspecified atom stereocenters. The topological polar surface area (TPSA) is 78.2 Å². The van der Waals surface area contributed by atoms with Crippen LogP contribution in [0.25, 0.3) is 11.0 Å². The van der Waals surface area contributed by atoms with Crippen LogP contribution in [0.1, 0.15) is 51.7 Å². The van der Waals surface area contributed by atoms with Gasteiger partial charge in [-0.2, -0.15) is 0 Å². The number of hydrogen-bond acceptors (Lipinski definition) is 6. The predicted octanol–water partition coefficient (Wildman–Crippen LogP) is 5.41. The van der Waals surface area contributed by atoms with Crippen LogP contribution in [-0.4, -0.2) is 37.2 Å². The molecule has 3 heterocycles. The van der Waals surface area contributed by atoms with Gasteiger partial charge in [0.25, 0.3) is 5.91 Å². The molecular formula is C31H29NO6. The summed E-state index contributed by atoms with van der Waals surface area (Å²) < 4.78 is 23.7. The van der Waals surface area contributed by atoms with Crippen LogP contribution in [0.15, 0.2) is 75.9 Å². The van der Waals surface area contributed by atoms with Gasteiger partial charge in [0.1, 0.15) is 12.2 Å². The SMILES string of the molecule is COc1cc(C2c3c(oc4ccc(C)cc4c3=O)C(=O)N2CC2CCCO2)ccc1OCc1ccccc1. The highest BCUT2D eigenvalue weighted by atomic mass is 16.5. The maximum Gasteiger partial charge on any atom is 0.291 e. The lowest BCUT2D eigenvalue weighted by molar-refractivity contribution is 0.0486. The zero-order valence-electron chi connectivity index (χ0n) is 21.4. The number of ether oxygens (including phenoxy) is 3. The molecule has 2 aliphatic rings. The number of fused-ring (bicyclic) bond motifs is 2. The second-order valence-electron chi connectivity index (χ2n) is 9.85. The van der Waals surface area contributed by atoms with Crippen molar-refractivity contribution in [3.8, 4) is 11.5 Å². The van der Waals surface area contributed by atoms with Crippen molar-refractivity contribution in [3.63, 3.8) is 0 Å². The van der Waals surface area contributed by atoms with E-state index in [0.717, 1.165) is 29.5 Å². The molecule has 1 amide bonds. The quantitative estimate of drug-likeness (QED) is 0.330. The van der Waals surface area contributed by atoms with Gasteiger partial charge in [-0.1, -0.05) is 48.0 Å². The van der Waals surface area contributed by atoms with Gasteiger partial charge in [-0.05, 0) is 55.2 Å². The van der Waals surface area contributed by atoms with Gasteiger partial charge in [0.05, 0.1) is 30.2 Å². The Balaban J connectivity index is 1.43. The van der Waals surface area contributed by atoms with E-state index in [1.165, 1.54) is 0 Å². The lowest BCUT2D eigenvalue weighted by Gasteiger charge is -2.28. The van der Waals surface area contributed by atoms with Crippen molar-refractivity contribution in [1.82, 2.24) is 4.90 Å². The van der Waals surface area contributed by atoms with Crippen molar-refractivity contribution in [2.75, 3.05) is 20.3 Å². The number of methoxy groups -OCH3 is 1. The van der Waals surface area contributed by atoms with E-state index in [0.29, 0.717) is 47.8 Å². The van der Waals surface area contributed by atoms with E-state index in [-0.39, 0.29) is 23.2 Å². The monoisotopic (exact) mass is 511 g/mol. The normalized spacial score (nSPS) is 18.7. The first-order chi connectivity index (χ1) is 18.5. The Hall–Kier alpha value is -4.10. The average molecular weight is 512 g/mol. The second kappa shape index (κ2) is 9.99. The summed E-state index contributed by atoms with van der Waals surface area (Å²) in [5.41, 5.74) is 3.30. The molecule has 6 rings (SSSR count). The molecule has 194 valence electrons. The molecule has 0 saturated carbocycles. The Morgan fingerprint density at radius 1 is 1.00 bits per heavy atom. The number of rotatable bonds is 7. The highest BCUT2D eigenvalue weighted by molar-refractivity contribution is 5.99. The predicted molar refractivity (Wildman–Crippen MR) is 143 cm³/mol. The number of amides is 1. The fraction of sp³-hybridized carbons (Fsp3) is 0.290. The van der Waals surface area contributed by atoms with Crippen molar-refractivity contribution in [3.05, 3.63) is 105 Å². The third-order valence-corrected chi connectivity index (χ3v) is 7.29. The Morgan fingerprint density at radius 3 is 2.61 bits per heavy atom. The molecule has 7 heteroatoms. The lowest BCUT2D eigenvalue weighted by atomic mass is 9.97. The van der Waals surface area contributed by atoms with Gasteiger partial charge in [0.15, 0.2) is 16.9 Å². The van der Waals surface area contributed by atoms with Gasteiger partial charge in [-0.15, -0.1) is 0 Å². The van der Waals surface area contributed by atoms with Crippen molar-refractivity contribution in [1.29, 1.82) is 0 Å². The summed E-state index contributed by atoms with van der Waals surface area (Å²) in [5, 5.41) is 0.468. The summed E-state index contributed by atoms with van der Waals surface area (Å²) in [5.74, 6) is 0.898. The Bertz CT molecular complexity index is 1550. The van der Waals surface area contributed by atoms with Crippen LogP contribution in [0, 0.1) is 6.92 Å². The van der Waals surface area contributed by atoms with Gasteiger partial charge in [0, 0.05) is 13.2 Å². The fourth-order valence-corrected chi connectivity index (χ4v) is 5.39. The van der Waals surface area contributed by atoms with E-state index >= 15 is 0 Å². The zero-order chi connectivity index (χ0) is 26.2. The molecule has 0 bridgehead atoms.